The highest BCUT2D eigenvalue weighted by Crippen LogP contribution is 2.24. The molecule has 0 saturated carbocycles. The number of fused-ring (bicyclic) bond motifs is 1. The lowest BCUT2D eigenvalue weighted by Gasteiger charge is -2.42. The molecule has 6 heteroatoms. The summed E-state index contributed by atoms with van der Waals surface area (Å²) in [5, 5.41) is 0. The highest BCUT2D eigenvalue weighted by atomic mass is 32.1. The molecule has 5 nitrogen and oxygen atoms in total. The lowest BCUT2D eigenvalue weighted by molar-refractivity contribution is -0.130. The topological polar surface area (TPSA) is 52.8 Å². The third-order valence-electron chi connectivity index (χ3n) is 4.80. The van der Waals surface area contributed by atoms with Gasteiger partial charge in [0.15, 0.2) is 0 Å². The summed E-state index contributed by atoms with van der Waals surface area (Å²) in [7, 11) is 1.83. The second-order valence-corrected chi connectivity index (χ2v) is 6.94. The number of nitrogens with two attached hydrogens (primary N) is 1. The zero-order valence-corrected chi connectivity index (χ0v) is 14.1. The molecule has 2 saturated heterocycles. The average Bonchev–Trinajstić information content (AvgIpc) is 2.88. The molecular formula is C15H28N4OS. The number of thiocarbonyl (C=S) groups is 1. The first kappa shape index (κ1) is 16.6. The fourth-order valence-electron chi connectivity index (χ4n) is 3.39. The van der Waals surface area contributed by atoms with Crippen molar-refractivity contribution in [3.8, 4) is 0 Å². The number of carbonyl (C=O) groups is 1. The van der Waals surface area contributed by atoms with E-state index in [1.165, 1.54) is 19.4 Å². The number of hydrogen-bond donors (Lipinski definition) is 1. The lowest BCUT2D eigenvalue weighted by atomic mass is 10.1. The van der Waals surface area contributed by atoms with Crippen molar-refractivity contribution in [2.45, 2.75) is 44.7 Å². The van der Waals surface area contributed by atoms with Crippen molar-refractivity contribution in [2.24, 2.45) is 5.73 Å². The molecule has 120 valence electrons. The van der Waals surface area contributed by atoms with Crippen molar-refractivity contribution in [1.29, 1.82) is 0 Å². The van der Waals surface area contributed by atoms with Gasteiger partial charge in [-0.25, -0.2) is 0 Å². The van der Waals surface area contributed by atoms with E-state index < -0.39 is 0 Å². The minimum atomic E-state index is 0.187. The van der Waals surface area contributed by atoms with Gasteiger partial charge in [-0.1, -0.05) is 12.2 Å². The molecule has 2 unspecified atom stereocenters. The first-order chi connectivity index (χ1) is 9.97. The number of rotatable bonds is 6. The van der Waals surface area contributed by atoms with Crippen molar-refractivity contribution in [1.82, 2.24) is 14.7 Å². The molecule has 1 amide bonds. The Balaban J connectivity index is 1.74. The number of carbonyl (C=O) groups excluding carboxylic acids is 1. The fourth-order valence-corrected chi connectivity index (χ4v) is 3.48. The monoisotopic (exact) mass is 312 g/mol. The van der Waals surface area contributed by atoms with Crippen LogP contribution < -0.4 is 5.73 Å². The lowest BCUT2D eigenvalue weighted by Crippen LogP contribution is -2.55. The first-order valence-corrected chi connectivity index (χ1v) is 8.38. The van der Waals surface area contributed by atoms with Gasteiger partial charge >= 0.3 is 0 Å². The van der Waals surface area contributed by atoms with Gasteiger partial charge in [0.1, 0.15) is 0 Å². The largest absolute Gasteiger partial charge is 0.393 e. The molecule has 2 fully saturated rings. The smallest absolute Gasteiger partial charge is 0.223 e. The van der Waals surface area contributed by atoms with E-state index in [9.17, 15) is 4.79 Å². The van der Waals surface area contributed by atoms with Crippen molar-refractivity contribution in [2.75, 3.05) is 39.8 Å². The second kappa shape index (κ2) is 7.51. The van der Waals surface area contributed by atoms with E-state index in [0.29, 0.717) is 36.5 Å². The van der Waals surface area contributed by atoms with Crippen LogP contribution in [-0.4, -0.2) is 77.5 Å². The van der Waals surface area contributed by atoms with Gasteiger partial charge in [0, 0.05) is 58.2 Å². The van der Waals surface area contributed by atoms with E-state index in [2.05, 4.69) is 16.7 Å². The van der Waals surface area contributed by atoms with E-state index in [4.69, 9.17) is 18.0 Å². The zero-order chi connectivity index (χ0) is 15.4. The van der Waals surface area contributed by atoms with Crippen LogP contribution >= 0.6 is 12.2 Å². The molecule has 2 rings (SSSR count). The SMILES string of the molecule is CC1CN2CCCC2CN1CCC(=O)N(C)CCC(N)=S. The quantitative estimate of drug-likeness (QED) is 0.731. The molecule has 0 aromatic heterocycles. The average molecular weight is 312 g/mol. The molecule has 2 aliphatic rings. The highest BCUT2D eigenvalue weighted by Gasteiger charge is 2.34. The van der Waals surface area contributed by atoms with E-state index in [1.54, 1.807) is 4.90 Å². The van der Waals surface area contributed by atoms with Crippen LogP contribution in [0, 0.1) is 0 Å². The minimum Gasteiger partial charge on any atom is -0.393 e. The zero-order valence-electron chi connectivity index (χ0n) is 13.3. The van der Waals surface area contributed by atoms with Crippen LogP contribution in [0.5, 0.6) is 0 Å². The second-order valence-electron chi connectivity index (χ2n) is 6.42. The molecule has 0 bridgehead atoms. The summed E-state index contributed by atoms with van der Waals surface area (Å²) in [5.74, 6) is 0.187. The molecule has 2 aliphatic heterocycles. The molecule has 2 heterocycles. The van der Waals surface area contributed by atoms with Crippen molar-refractivity contribution in [3.63, 3.8) is 0 Å². The Hall–Kier alpha value is -0.720. The molecular weight excluding hydrogens is 284 g/mol. The molecule has 0 radical (unpaired) electrons. The fraction of sp³-hybridized carbons (Fsp3) is 0.867. The van der Waals surface area contributed by atoms with Crippen LogP contribution in [0.25, 0.3) is 0 Å². The van der Waals surface area contributed by atoms with Gasteiger partial charge in [0.05, 0.1) is 4.99 Å². The van der Waals surface area contributed by atoms with Crippen LogP contribution in [0.2, 0.25) is 0 Å². The van der Waals surface area contributed by atoms with Crippen LogP contribution in [0.1, 0.15) is 32.6 Å². The third-order valence-corrected chi connectivity index (χ3v) is 5.00. The highest BCUT2D eigenvalue weighted by molar-refractivity contribution is 7.80. The van der Waals surface area contributed by atoms with Gasteiger partial charge in [0.25, 0.3) is 0 Å². The Morgan fingerprint density at radius 3 is 2.86 bits per heavy atom. The molecule has 0 spiro atoms. The summed E-state index contributed by atoms with van der Waals surface area (Å²) in [6.07, 6.45) is 3.83. The maximum atomic E-state index is 12.1. The molecule has 0 aromatic carbocycles. The first-order valence-electron chi connectivity index (χ1n) is 7.97. The normalized spacial score (nSPS) is 26.6. The van der Waals surface area contributed by atoms with Gasteiger partial charge in [-0.3, -0.25) is 14.6 Å². The summed E-state index contributed by atoms with van der Waals surface area (Å²) >= 11 is 4.85. The summed E-state index contributed by atoms with van der Waals surface area (Å²) in [6.45, 7) is 7.28. The van der Waals surface area contributed by atoms with Crippen molar-refractivity contribution in [3.05, 3.63) is 0 Å². The Morgan fingerprint density at radius 1 is 1.38 bits per heavy atom. The van der Waals surface area contributed by atoms with Crippen LogP contribution in [-0.2, 0) is 4.79 Å². The Morgan fingerprint density at radius 2 is 2.14 bits per heavy atom. The van der Waals surface area contributed by atoms with Gasteiger partial charge in [-0.05, 0) is 26.3 Å². The van der Waals surface area contributed by atoms with Crippen LogP contribution in [0.4, 0.5) is 0 Å². The molecule has 2 atom stereocenters. The van der Waals surface area contributed by atoms with Crippen LogP contribution in [0.15, 0.2) is 0 Å². The minimum absolute atomic E-state index is 0.187. The molecule has 0 aliphatic carbocycles. The van der Waals surface area contributed by atoms with Crippen LogP contribution in [0.3, 0.4) is 0 Å². The predicted molar refractivity (Wildman–Crippen MR) is 89.3 cm³/mol. The summed E-state index contributed by atoms with van der Waals surface area (Å²) in [4.78, 5) is 19.4. The van der Waals surface area contributed by atoms with Gasteiger partial charge in [0.2, 0.25) is 5.91 Å². The molecule has 2 N–H and O–H groups in total. The number of nitrogens with zero attached hydrogens (tertiary/aromatic N) is 3. The maximum absolute atomic E-state index is 12.1. The van der Waals surface area contributed by atoms with E-state index in [1.807, 2.05) is 7.05 Å². The molecule has 0 aromatic rings. The van der Waals surface area contributed by atoms with Gasteiger partial charge < -0.3 is 10.6 Å². The van der Waals surface area contributed by atoms with Gasteiger partial charge in [-0.15, -0.1) is 0 Å². The summed E-state index contributed by atoms with van der Waals surface area (Å²) in [5.41, 5.74) is 5.48. The molecule has 21 heavy (non-hydrogen) atoms. The Labute approximate surface area is 133 Å². The number of amides is 1. The predicted octanol–water partition coefficient (Wildman–Crippen LogP) is 0.680. The number of hydrogen-bond acceptors (Lipinski definition) is 4. The van der Waals surface area contributed by atoms with E-state index in [-0.39, 0.29) is 5.91 Å². The third kappa shape index (κ3) is 4.63. The number of piperazine rings is 1. The standard InChI is InChI=1S/C15H28N4OS/c1-12-10-19-7-3-4-13(19)11-18(12)9-6-15(20)17(2)8-5-14(16)21/h12-13H,3-11H2,1-2H3,(H2,16,21). The van der Waals surface area contributed by atoms with E-state index >= 15 is 0 Å². The Bertz CT molecular complexity index is 390. The summed E-state index contributed by atoms with van der Waals surface area (Å²) < 4.78 is 0. The van der Waals surface area contributed by atoms with Crippen molar-refractivity contribution >= 4 is 23.1 Å². The Kier molecular flexibility index (Phi) is 5.96. The van der Waals surface area contributed by atoms with Gasteiger partial charge in [-0.2, -0.15) is 0 Å². The van der Waals surface area contributed by atoms with E-state index in [0.717, 1.165) is 19.6 Å². The summed E-state index contributed by atoms with van der Waals surface area (Å²) in [6, 6.07) is 1.26. The maximum Gasteiger partial charge on any atom is 0.223 e. The van der Waals surface area contributed by atoms with Crippen molar-refractivity contribution < 1.29 is 4.79 Å².